The third-order valence-electron chi connectivity index (χ3n) is 9.56. The monoisotopic (exact) mass is 588 g/mol. The maximum absolute atomic E-state index is 14.6. The fourth-order valence-corrected chi connectivity index (χ4v) is 7.43. The maximum Gasteiger partial charge on any atom is 0.239 e. The standard InChI is InChI=1S/C35H45FN4O3/c1-20(2)30(21(3)4)33(42)26-18-24(36)8-9-28(26)40-22(5)31(25-11-15-37-19-29(25)40)32(41)23-12-16-39(17-13-23)34(43)27-10-14-35(6,7)38-27/h8-9,11,15,18-21,23,27,30,38H,10,12-14,16-17H2,1-7H3/t27-/m0/s1. The number of hydrogen-bond acceptors (Lipinski definition) is 5. The number of pyridine rings is 1. The number of Topliss-reactive ketones (excluding diaryl/α,β-unsaturated/α-hetero) is 2. The largest absolute Gasteiger partial charge is 0.341 e. The van der Waals surface area contributed by atoms with E-state index in [2.05, 4.69) is 24.1 Å². The summed E-state index contributed by atoms with van der Waals surface area (Å²) in [6.45, 7) is 15.3. The van der Waals surface area contributed by atoms with Gasteiger partial charge in [0.1, 0.15) is 5.82 Å². The van der Waals surface area contributed by atoms with Crippen molar-refractivity contribution < 1.29 is 18.8 Å². The number of rotatable bonds is 8. The quantitative estimate of drug-likeness (QED) is 0.302. The molecule has 5 rings (SSSR count). The number of piperidine rings is 1. The number of nitrogens with zero attached hydrogens (tertiary/aromatic N) is 3. The highest BCUT2D eigenvalue weighted by Crippen LogP contribution is 2.36. The first-order chi connectivity index (χ1) is 20.3. The number of ketones is 2. The van der Waals surface area contributed by atoms with E-state index in [9.17, 15) is 18.8 Å². The number of carbonyl (C=O) groups is 3. The molecule has 43 heavy (non-hydrogen) atoms. The molecule has 2 saturated heterocycles. The van der Waals surface area contributed by atoms with Crippen molar-refractivity contribution in [3.05, 3.63) is 59.3 Å². The minimum absolute atomic E-state index is 0.0330. The van der Waals surface area contributed by atoms with Crippen molar-refractivity contribution in [1.82, 2.24) is 19.8 Å². The molecule has 0 spiro atoms. The van der Waals surface area contributed by atoms with E-state index in [0.29, 0.717) is 54.0 Å². The molecule has 230 valence electrons. The molecule has 8 heteroatoms. The molecular formula is C35H45FN4O3. The van der Waals surface area contributed by atoms with Crippen LogP contribution in [0.3, 0.4) is 0 Å². The summed E-state index contributed by atoms with van der Waals surface area (Å²) >= 11 is 0. The summed E-state index contributed by atoms with van der Waals surface area (Å²) in [5.74, 6) is -0.739. The Bertz CT molecular complexity index is 1540. The van der Waals surface area contributed by atoms with Gasteiger partial charge in [-0.25, -0.2) is 4.39 Å². The summed E-state index contributed by atoms with van der Waals surface area (Å²) in [5.41, 5.74) is 2.85. The average molecular weight is 589 g/mol. The molecule has 2 fully saturated rings. The van der Waals surface area contributed by atoms with E-state index in [4.69, 9.17) is 0 Å². The van der Waals surface area contributed by atoms with Gasteiger partial charge in [0, 0.05) is 58.9 Å². The third-order valence-corrected chi connectivity index (χ3v) is 9.56. The first-order valence-electron chi connectivity index (χ1n) is 15.7. The Morgan fingerprint density at radius 3 is 2.30 bits per heavy atom. The Kier molecular flexibility index (Phi) is 8.63. The first kappa shape index (κ1) is 31.0. The van der Waals surface area contributed by atoms with Crippen LogP contribution in [0.25, 0.3) is 16.6 Å². The minimum Gasteiger partial charge on any atom is -0.341 e. The van der Waals surface area contributed by atoms with Crippen LogP contribution in [0.1, 0.15) is 93.6 Å². The van der Waals surface area contributed by atoms with Crippen molar-refractivity contribution in [3.8, 4) is 5.69 Å². The van der Waals surface area contributed by atoms with Crippen molar-refractivity contribution in [2.45, 2.75) is 85.7 Å². The number of benzene rings is 1. The third kappa shape index (κ3) is 5.91. The number of carbonyl (C=O) groups excluding carboxylic acids is 3. The van der Waals surface area contributed by atoms with Crippen LogP contribution >= 0.6 is 0 Å². The van der Waals surface area contributed by atoms with Crippen molar-refractivity contribution in [2.75, 3.05) is 13.1 Å². The molecule has 2 aliphatic rings. The molecule has 1 amide bonds. The van der Waals surface area contributed by atoms with Gasteiger partial charge in [0.15, 0.2) is 11.6 Å². The Labute approximate surface area is 254 Å². The molecule has 3 aromatic rings. The van der Waals surface area contributed by atoms with Crippen molar-refractivity contribution >= 4 is 28.4 Å². The van der Waals surface area contributed by atoms with Crippen molar-refractivity contribution in [3.63, 3.8) is 0 Å². The summed E-state index contributed by atoms with van der Waals surface area (Å²) in [7, 11) is 0. The lowest BCUT2D eigenvalue weighted by atomic mass is 9.79. The van der Waals surface area contributed by atoms with Crippen LogP contribution in [0, 0.1) is 36.4 Å². The van der Waals surface area contributed by atoms with E-state index >= 15 is 0 Å². The highest BCUT2D eigenvalue weighted by Gasteiger charge is 2.38. The number of amides is 1. The van der Waals surface area contributed by atoms with E-state index < -0.39 is 5.82 Å². The zero-order valence-electron chi connectivity index (χ0n) is 26.5. The van der Waals surface area contributed by atoms with Gasteiger partial charge >= 0.3 is 0 Å². The van der Waals surface area contributed by atoms with Crippen LogP contribution in [0.4, 0.5) is 4.39 Å². The second-order valence-corrected chi connectivity index (χ2v) is 13.8. The lowest BCUT2D eigenvalue weighted by Crippen LogP contribution is -2.50. The van der Waals surface area contributed by atoms with E-state index in [1.54, 1.807) is 18.5 Å². The molecule has 4 heterocycles. The van der Waals surface area contributed by atoms with Gasteiger partial charge in [0.05, 0.1) is 23.4 Å². The summed E-state index contributed by atoms with van der Waals surface area (Å²) < 4.78 is 16.5. The number of hydrogen-bond donors (Lipinski definition) is 1. The molecule has 0 aliphatic carbocycles. The molecule has 7 nitrogen and oxygen atoms in total. The predicted molar refractivity (Wildman–Crippen MR) is 167 cm³/mol. The Balaban J connectivity index is 1.47. The second-order valence-electron chi connectivity index (χ2n) is 13.8. The predicted octanol–water partition coefficient (Wildman–Crippen LogP) is 6.54. The highest BCUT2D eigenvalue weighted by atomic mass is 19.1. The molecular weight excluding hydrogens is 543 g/mol. The van der Waals surface area contributed by atoms with Crippen LogP contribution in [0.2, 0.25) is 0 Å². The van der Waals surface area contributed by atoms with Crippen LogP contribution in [0.5, 0.6) is 0 Å². The summed E-state index contributed by atoms with van der Waals surface area (Å²) in [6.07, 6.45) is 6.38. The van der Waals surface area contributed by atoms with Gasteiger partial charge in [-0.1, -0.05) is 27.7 Å². The van der Waals surface area contributed by atoms with Gasteiger partial charge < -0.3 is 14.8 Å². The van der Waals surface area contributed by atoms with E-state index in [-0.39, 0.29) is 52.7 Å². The average Bonchev–Trinajstić information content (AvgIpc) is 3.47. The van der Waals surface area contributed by atoms with E-state index in [0.717, 1.165) is 18.2 Å². The first-order valence-corrected chi connectivity index (χ1v) is 15.7. The van der Waals surface area contributed by atoms with Gasteiger partial charge in [-0.3, -0.25) is 19.4 Å². The van der Waals surface area contributed by atoms with E-state index in [1.807, 2.05) is 50.2 Å². The van der Waals surface area contributed by atoms with Gasteiger partial charge in [-0.05, 0) is 82.6 Å². The minimum atomic E-state index is -0.473. The SMILES string of the molecule is Cc1c(C(=O)C2CCN(C(=O)[C@@H]3CCC(C)(C)N3)CC2)c2ccncc2n1-c1ccc(F)cc1C(=O)C(C(C)C)C(C)C. The van der Waals surface area contributed by atoms with Gasteiger partial charge in [0.2, 0.25) is 5.91 Å². The summed E-state index contributed by atoms with van der Waals surface area (Å²) in [6, 6.07) is 6.01. The molecule has 0 radical (unpaired) electrons. The lowest BCUT2D eigenvalue weighted by molar-refractivity contribution is -0.134. The fourth-order valence-electron chi connectivity index (χ4n) is 7.43. The topological polar surface area (TPSA) is 84.3 Å². The van der Waals surface area contributed by atoms with Crippen LogP contribution < -0.4 is 5.32 Å². The van der Waals surface area contributed by atoms with Gasteiger partial charge in [0.25, 0.3) is 0 Å². The fraction of sp³-hybridized carbons (Fsp3) is 0.543. The molecule has 0 bridgehead atoms. The normalized spacial score (nSPS) is 19.2. The molecule has 1 atom stereocenters. The number of likely N-dealkylation sites (tertiary alicyclic amines) is 1. The number of aromatic nitrogens is 2. The van der Waals surface area contributed by atoms with Crippen LogP contribution in [-0.4, -0.2) is 56.6 Å². The Morgan fingerprint density at radius 2 is 1.70 bits per heavy atom. The molecule has 2 aliphatic heterocycles. The number of fused-ring (bicyclic) bond motifs is 1. The molecule has 1 N–H and O–H groups in total. The molecule has 0 unspecified atom stereocenters. The maximum atomic E-state index is 14.6. The smallest absolute Gasteiger partial charge is 0.239 e. The Morgan fingerprint density at radius 1 is 1.02 bits per heavy atom. The Hall–Kier alpha value is -3.39. The van der Waals surface area contributed by atoms with Crippen molar-refractivity contribution in [1.29, 1.82) is 0 Å². The summed E-state index contributed by atoms with van der Waals surface area (Å²) in [5, 5.41) is 4.22. The van der Waals surface area contributed by atoms with E-state index in [1.165, 1.54) is 12.1 Å². The second kappa shape index (κ2) is 11.9. The highest BCUT2D eigenvalue weighted by molar-refractivity contribution is 6.11. The lowest BCUT2D eigenvalue weighted by Gasteiger charge is -2.33. The van der Waals surface area contributed by atoms with Gasteiger partial charge in [-0.15, -0.1) is 0 Å². The number of nitrogens with one attached hydrogen (secondary N) is 1. The molecule has 0 saturated carbocycles. The molecule has 2 aromatic heterocycles. The van der Waals surface area contributed by atoms with Crippen LogP contribution in [-0.2, 0) is 4.79 Å². The number of halogens is 1. The zero-order valence-corrected chi connectivity index (χ0v) is 26.5. The molecule has 1 aromatic carbocycles. The summed E-state index contributed by atoms with van der Waals surface area (Å²) in [4.78, 5) is 47.5. The van der Waals surface area contributed by atoms with Gasteiger partial charge in [-0.2, -0.15) is 0 Å². The van der Waals surface area contributed by atoms with Crippen LogP contribution in [0.15, 0.2) is 36.7 Å². The zero-order chi connectivity index (χ0) is 31.2. The van der Waals surface area contributed by atoms with Crippen molar-refractivity contribution in [2.24, 2.45) is 23.7 Å².